The Bertz CT molecular complexity index is 384. The van der Waals surface area contributed by atoms with Crippen LogP contribution in [0, 0.1) is 12.8 Å². The molecule has 1 N–H and O–H groups in total. The number of nitrogens with zero attached hydrogens (tertiary/aromatic N) is 2. The molecule has 0 spiro atoms. The van der Waals surface area contributed by atoms with E-state index in [1.807, 2.05) is 0 Å². The minimum Gasteiger partial charge on any atom is -0.391 e. The van der Waals surface area contributed by atoms with E-state index >= 15 is 0 Å². The summed E-state index contributed by atoms with van der Waals surface area (Å²) in [5.41, 5.74) is 0.720. The highest BCUT2D eigenvalue weighted by Crippen LogP contribution is 2.32. The Kier molecular flexibility index (Phi) is 2.96. The third-order valence-corrected chi connectivity index (χ3v) is 2.92. The molecule has 0 aliphatic heterocycles. The fourth-order valence-corrected chi connectivity index (χ4v) is 1.66. The van der Waals surface area contributed by atoms with E-state index in [0.717, 1.165) is 18.4 Å². The third kappa shape index (κ3) is 2.24. The van der Waals surface area contributed by atoms with Crippen LogP contribution in [0.5, 0.6) is 0 Å². The number of aliphatic hydroxyl groups excluding tert-OH is 1. The topological polar surface area (TPSA) is 66.6 Å². The van der Waals surface area contributed by atoms with Gasteiger partial charge in [0.1, 0.15) is 0 Å². The van der Waals surface area contributed by atoms with Crippen molar-refractivity contribution >= 4 is 5.91 Å². The van der Waals surface area contributed by atoms with Crippen molar-refractivity contribution in [3.63, 3.8) is 0 Å². The highest BCUT2D eigenvalue weighted by Gasteiger charge is 2.31. The maximum Gasteiger partial charge on any atom is 0.292 e. The Morgan fingerprint density at radius 1 is 1.75 bits per heavy atom. The monoisotopic (exact) mass is 224 g/mol. The summed E-state index contributed by atoms with van der Waals surface area (Å²) in [6, 6.07) is 0. The first kappa shape index (κ1) is 11.1. The maximum absolute atomic E-state index is 11.9. The van der Waals surface area contributed by atoms with Gasteiger partial charge in [0.15, 0.2) is 0 Å². The second-order valence-corrected chi connectivity index (χ2v) is 4.43. The lowest BCUT2D eigenvalue weighted by Gasteiger charge is -2.19. The first-order chi connectivity index (χ1) is 7.59. The van der Waals surface area contributed by atoms with Crippen LogP contribution in [0.15, 0.2) is 10.7 Å². The Labute approximate surface area is 94.0 Å². The van der Waals surface area contributed by atoms with Gasteiger partial charge in [-0.05, 0) is 25.7 Å². The van der Waals surface area contributed by atoms with E-state index in [9.17, 15) is 9.90 Å². The van der Waals surface area contributed by atoms with E-state index in [1.165, 1.54) is 11.1 Å². The molecular formula is C11H16N2O3. The van der Waals surface area contributed by atoms with Crippen LogP contribution in [0.4, 0.5) is 0 Å². The molecule has 1 atom stereocenters. The first-order valence-corrected chi connectivity index (χ1v) is 5.44. The van der Waals surface area contributed by atoms with Crippen molar-refractivity contribution in [2.75, 3.05) is 13.6 Å². The maximum atomic E-state index is 11.9. The summed E-state index contributed by atoms with van der Waals surface area (Å²) in [6.45, 7) is 2.12. The number of hydrogen-bond acceptors (Lipinski definition) is 4. The average Bonchev–Trinajstić information content (AvgIpc) is 3.01. The van der Waals surface area contributed by atoms with E-state index in [4.69, 9.17) is 4.52 Å². The van der Waals surface area contributed by atoms with Crippen molar-refractivity contribution in [2.24, 2.45) is 5.92 Å². The normalized spacial score (nSPS) is 17.2. The summed E-state index contributed by atoms with van der Waals surface area (Å²) in [5.74, 6) is 0.395. The van der Waals surface area contributed by atoms with E-state index < -0.39 is 6.10 Å². The SMILES string of the molecule is Cc1cnoc1C(=O)N(C)CC(O)C1CC1. The van der Waals surface area contributed by atoms with Gasteiger partial charge in [-0.3, -0.25) is 4.79 Å². The van der Waals surface area contributed by atoms with Gasteiger partial charge < -0.3 is 14.5 Å². The Hall–Kier alpha value is -1.36. The molecule has 2 rings (SSSR count). The smallest absolute Gasteiger partial charge is 0.292 e. The van der Waals surface area contributed by atoms with Crippen LogP contribution in [0.2, 0.25) is 0 Å². The van der Waals surface area contributed by atoms with Gasteiger partial charge in [0, 0.05) is 19.2 Å². The number of carbonyl (C=O) groups is 1. The molecule has 16 heavy (non-hydrogen) atoms. The van der Waals surface area contributed by atoms with Gasteiger partial charge >= 0.3 is 0 Å². The number of hydrogen-bond donors (Lipinski definition) is 1. The van der Waals surface area contributed by atoms with Crippen molar-refractivity contribution in [1.29, 1.82) is 0 Å². The number of aryl methyl sites for hydroxylation is 1. The molecule has 0 saturated heterocycles. The van der Waals surface area contributed by atoms with Gasteiger partial charge in [-0.15, -0.1) is 0 Å². The van der Waals surface area contributed by atoms with Gasteiger partial charge in [-0.2, -0.15) is 0 Å². The van der Waals surface area contributed by atoms with Gasteiger partial charge in [-0.25, -0.2) is 0 Å². The van der Waals surface area contributed by atoms with Crippen molar-refractivity contribution in [1.82, 2.24) is 10.1 Å². The minimum atomic E-state index is -0.419. The number of rotatable bonds is 4. The molecule has 1 aromatic heterocycles. The fourth-order valence-electron chi connectivity index (χ4n) is 1.66. The predicted octanol–water partition coefficient (Wildman–Crippen LogP) is 0.826. The molecule has 1 aliphatic rings. The van der Waals surface area contributed by atoms with Crippen molar-refractivity contribution < 1.29 is 14.4 Å². The van der Waals surface area contributed by atoms with Gasteiger partial charge in [0.25, 0.3) is 5.91 Å². The van der Waals surface area contributed by atoms with Crippen LogP contribution >= 0.6 is 0 Å². The number of aliphatic hydroxyl groups is 1. The second-order valence-electron chi connectivity index (χ2n) is 4.43. The van der Waals surface area contributed by atoms with Crippen LogP contribution in [0.1, 0.15) is 29.0 Å². The lowest BCUT2D eigenvalue weighted by molar-refractivity contribution is 0.0608. The molecule has 1 unspecified atom stereocenters. The molecule has 1 fully saturated rings. The second kappa shape index (κ2) is 4.25. The van der Waals surface area contributed by atoms with Crippen LogP contribution in [0.3, 0.4) is 0 Å². The summed E-state index contributed by atoms with van der Waals surface area (Å²) < 4.78 is 4.88. The summed E-state index contributed by atoms with van der Waals surface area (Å²) in [5, 5.41) is 13.3. The quantitative estimate of drug-likeness (QED) is 0.822. The zero-order valence-corrected chi connectivity index (χ0v) is 9.51. The molecule has 1 heterocycles. The number of amides is 1. The number of likely N-dealkylation sites (N-methyl/N-ethyl adjacent to an activating group) is 1. The highest BCUT2D eigenvalue weighted by molar-refractivity contribution is 5.92. The van der Waals surface area contributed by atoms with E-state index in [0.29, 0.717) is 12.5 Å². The third-order valence-electron chi connectivity index (χ3n) is 2.92. The summed E-state index contributed by atoms with van der Waals surface area (Å²) in [7, 11) is 1.66. The zero-order chi connectivity index (χ0) is 11.7. The molecule has 5 heteroatoms. The Morgan fingerprint density at radius 2 is 2.44 bits per heavy atom. The van der Waals surface area contributed by atoms with Crippen molar-refractivity contribution in [3.05, 3.63) is 17.5 Å². The molecule has 5 nitrogen and oxygen atoms in total. The Morgan fingerprint density at radius 3 is 2.94 bits per heavy atom. The molecule has 0 radical (unpaired) electrons. The molecular weight excluding hydrogens is 208 g/mol. The lowest BCUT2D eigenvalue weighted by Crippen LogP contribution is -2.35. The molecule has 88 valence electrons. The molecule has 0 bridgehead atoms. The van der Waals surface area contributed by atoms with Crippen molar-refractivity contribution in [3.8, 4) is 0 Å². The summed E-state index contributed by atoms with van der Waals surface area (Å²) in [6.07, 6.45) is 3.21. The van der Waals surface area contributed by atoms with Crippen LogP contribution in [0.25, 0.3) is 0 Å². The standard InChI is InChI=1S/C11H16N2O3/c1-7-5-12-16-10(7)11(15)13(2)6-9(14)8-3-4-8/h5,8-9,14H,3-4,6H2,1-2H3. The van der Waals surface area contributed by atoms with E-state index in [2.05, 4.69) is 5.16 Å². The summed E-state index contributed by atoms with van der Waals surface area (Å²) in [4.78, 5) is 13.4. The molecule has 1 amide bonds. The van der Waals surface area contributed by atoms with Crippen LogP contribution in [-0.4, -0.2) is 40.8 Å². The Balaban J connectivity index is 1.96. The van der Waals surface area contributed by atoms with Crippen LogP contribution in [-0.2, 0) is 0 Å². The van der Waals surface area contributed by atoms with E-state index in [1.54, 1.807) is 14.0 Å². The molecule has 0 aromatic carbocycles. The van der Waals surface area contributed by atoms with Gasteiger partial charge in [0.05, 0.1) is 12.3 Å². The number of aromatic nitrogens is 1. The summed E-state index contributed by atoms with van der Waals surface area (Å²) >= 11 is 0. The average molecular weight is 224 g/mol. The minimum absolute atomic E-state index is 0.227. The molecule has 1 saturated carbocycles. The number of carbonyl (C=O) groups excluding carboxylic acids is 1. The fraction of sp³-hybridized carbons (Fsp3) is 0.636. The predicted molar refractivity (Wildman–Crippen MR) is 56.9 cm³/mol. The largest absolute Gasteiger partial charge is 0.391 e. The highest BCUT2D eigenvalue weighted by atomic mass is 16.5. The molecule has 1 aromatic rings. The van der Waals surface area contributed by atoms with E-state index in [-0.39, 0.29) is 11.7 Å². The van der Waals surface area contributed by atoms with Crippen molar-refractivity contribution in [2.45, 2.75) is 25.9 Å². The zero-order valence-electron chi connectivity index (χ0n) is 9.51. The van der Waals surface area contributed by atoms with Crippen LogP contribution < -0.4 is 0 Å². The first-order valence-electron chi connectivity index (χ1n) is 5.44. The molecule has 1 aliphatic carbocycles. The lowest BCUT2D eigenvalue weighted by atomic mass is 10.2. The van der Waals surface area contributed by atoms with Gasteiger partial charge in [-0.1, -0.05) is 5.16 Å². The van der Waals surface area contributed by atoms with Gasteiger partial charge in [0.2, 0.25) is 5.76 Å².